The normalized spacial score (nSPS) is 12.0. The number of pyridine rings is 1. The number of carbonyl (C=O) groups is 2. The van der Waals surface area contributed by atoms with Crippen molar-refractivity contribution in [3.8, 4) is 0 Å². The van der Waals surface area contributed by atoms with E-state index in [1.807, 2.05) is 25.1 Å². The minimum atomic E-state index is -0.389. The van der Waals surface area contributed by atoms with E-state index in [9.17, 15) is 14.4 Å². The second-order valence-electron chi connectivity index (χ2n) is 7.90. The molecule has 0 spiro atoms. The molecule has 4 aromatic rings. The largest absolute Gasteiger partial charge is 0.360 e. The van der Waals surface area contributed by atoms with Crippen LogP contribution < -0.4 is 10.9 Å². The number of rotatable bonds is 7. The molecule has 0 aliphatic heterocycles. The molecule has 4 rings (SSSR count). The van der Waals surface area contributed by atoms with Crippen molar-refractivity contribution in [2.75, 3.05) is 5.32 Å². The van der Waals surface area contributed by atoms with Gasteiger partial charge in [-0.15, -0.1) is 0 Å². The molecule has 2 N–H and O–H groups in total. The number of ketones is 1. The molecule has 9 heteroatoms. The van der Waals surface area contributed by atoms with Gasteiger partial charge in [-0.1, -0.05) is 25.1 Å². The van der Waals surface area contributed by atoms with Crippen LogP contribution in [0.3, 0.4) is 0 Å². The molecule has 0 unspecified atom stereocenters. The standard InChI is InChI=1S/C24H23N5O4/c1-4-15-10-16(6-5-13(15)2)27-24(32)18-11-20(33-29-18)14(3)9-19(30)22-17-7-8-21(31)28-23(17)26-12-25-22/h5-8,10-12,14H,4,9H2,1-3H3,(H,27,32)(H,25,26,28,31)/t14-/m0/s1. The molecule has 0 aliphatic rings. The van der Waals surface area contributed by atoms with Gasteiger partial charge in [0.05, 0.1) is 0 Å². The molecule has 1 aromatic carbocycles. The zero-order valence-corrected chi connectivity index (χ0v) is 18.5. The van der Waals surface area contributed by atoms with Crippen LogP contribution in [0, 0.1) is 6.92 Å². The molecular weight excluding hydrogens is 422 g/mol. The number of aromatic nitrogens is 4. The van der Waals surface area contributed by atoms with Crippen molar-refractivity contribution in [3.63, 3.8) is 0 Å². The van der Waals surface area contributed by atoms with Crippen molar-refractivity contribution < 1.29 is 14.1 Å². The number of anilines is 1. The number of hydrogen-bond acceptors (Lipinski definition) is 7. The fraction of sp³-hybridized carbons (Fsp3) is 0.250. The SMILES string of the molecule is CCc1cc(NC(=O)c2cc([C@@H](C)CC(=O)c3ncnc4[nH]c(=O)ccc34)on2)ccc1C. The molecule has 0 saturated heterocycles. The third kappa shape index (κ3) is 4.72. The van der Waals surface area contributed by atoms with Gasteiger partial charge in [0.2, 0.25) is 5.56 Å². The number of amides is 1. The number of Topliss-reactive ketones (excluding diaryl/α,β-unsaturated/α-hetero) is 1. The van der Waals surface area contributed by atoms with Gasteiger partial charge < -0.3 is 14.8 Å². The minimum absolute atomic E-state index is 0.0827. The predicted molar refractivity (Wildman–Crippen MR) is 123 cm³/mol. The van der Waals surface area contributed by atoms with Crippen molar-refractivity contribution in [2.24, 2.45) is 0 Å². The maximum Gasteiger partial charge on any atom is 0.277 e. The first-order chi connectivity index (χ1) is 15.9. The molecule has 0 saturated carbocycles. The summed E-state index contributed by atoms with van der Waals surface area (Å²) in [5, 5.41) is 7.17. The number of fused-ring (bicyclic) bond motifs is 1. The molecule has 0 bridgehead atoms. The quantitative estimate of drug-likeness (QED) is 0.414. The van der Waals surface area contributed by atoms with Crippen LogP contribution in [0.4, 0.5) is 5.69 Å². The van der Waals surface area contributed by atoms with E-state index in [-0.39, 0.29) is 41.0 Å². The van der Waals surface area contributed by atoms with Gasteiger partial charge in [-0.25, -0.2) is 9.97 Å². The topological polar surface area (TPSA) is 131 Å². The number of aryl methyl sites for hydroxylation is 2. The van der Waals surface area contributed by atoms with Gasteiger partial charge in [0.15, 0.2) is 11.5 Å². The van der Waals surface area contributed by atoms with E-state index in [2.05, 4.69) is 32.3 Å². The highest BCUT2D eigenvalue weighted by molar-refractivity contribution is 6.05. The Labute approximate surface area is 189 Å². The van der Waals surface area contributed by atoms with Crippen LogP contribution in [0.25, 0.3) is 11.0 Å². The Morgan fingerprint density at radius 1 is 1.15 bits per heavy atom. The first-order valence-electron chi connectivity index (χ1n) is 10.6. The number of nitrogens with zero attached hydrogens (tertiary/aromatic N) is 3. The molecule has 168 valence electrons. The second kappa shape index (κ2) is 9.15. The summed E-state index contributed by atoms with van der Waals surface area (Å²) in [6.45, 7) is 5.89. The molecule has 0 aliphatic carbocycles. The first-order valence-corrected chi connectivity index (χ1v) is 10.6. The lowest BCUT2D eigenvalue weighted by Gasteiger charge is -2.08. The van der Waals surface area contributed by atoms with Crippen LogP contribution in [0.1, 0.15) is 64.1 Å². The van der Waals surface area contributed by atoms with Gasteiger partial charge in [0.25, 0.3) is 5.91 Å². The first kappa shape index (κ1) is 22.1. The van der Waals surface area contributed by atoms with Gasteiger partial charge >= 0.3 is 0 Å². The predicted octanol–water partition coefficient (Wildman–Crippen LogP) is 3.81. The zero-order chi connectivity index (χ0) is 23.5. The van der Waals surface area contributed by atoms with Gasteiger partial charge in [-0.3, -0.25) is 14.4 Å². The van der Waals surface area contributed by atoms with Crippen LogP contribution in [0.5, 0.6) is 0 Å². The molecule has 1 amide bonds. The van der Waals surface area contributed by atoms with Crippen molar-refractivity contribution in [1.82, 2.24) is 20.1 Å². The fourth-order valence-corrected chi connectivity index (χ4v) is 3.62. The Kier molecular flexibility index (Phi) is 6.12. The minimum Gasteiger partial charge on any atom is -0.360 e. The van der Waals surface area contributed by atoms with Crippen LogP contribution in [0.15, 0.2) is 52.0 Å². The molecule has 1 atom stereocenters. The number of nitrogens with one attached hydrogen (secondary N) is 2. The highest BCUT2D eigenvalue weighted by Crippen LogP contribution is 2.24. The lowest BCUT2D eigenvalue weighted by Crippen LogP contribution is -2.12. The van der Waals surface area contributed by atoms with Crippen molar-refractivity contribution >= 4 is 28.4 Å². The van der Waals surface area contributed by atoms with Crippen LogP contribution in [-0.4, -0.2) is 31.8 Å². The summed E-state index contributed by atoms with van der Waals surface area (Å²) in [6, 6.07) is 10.1. The number of hydrogen-bond donors (Lipinski definition) is 2. The van der Waals surface area contributed by atoms with E-state index < -0.39 is 0 Å². The summed E-state index contributed by atoms with van der Waals surface area (Å²) < 4.78 is 5.35. The van der Waals surface area contributed by atoms with Gasteiger partial charge in [-0.05, 0) is 42.7 Å². The smallest absolute Gasteiger partial charge is 0.277 e. The summed E-state index contributed by atoms with van der Waals surface area (Å²) >= 11 is 0. The number of H-pyrrole nitrogens is 1. The van der Waals surface area contributed by atoms with Crippen molar-refractivity contribution in [3.05, 3.63) is 81.4 Å². The van der Waals surface area contributed by atoms with E-state index in [1.165, 1.54) is 30.1 Å². The summed E-state index contributed by atoms with van der Waals surface area (Å²) in [5.41, 5.74) is 3.35. The number of aromatic amines is 1. The molecule has 3 aromatic heterocycles. The lowest BCUT2D eigenvalue weighted by atomic mass is 9.99. The molecule has 0 radical (unpaired) electrons. The summed E-state index contributed by atoms with van der Waals surface area (Å²) in [5.74, 6) is -0.555. The Balaban J connectivity index is 1.47. The van der Waals surface area contributed by atoms with E-state index >= 15 is 0 Å². The van der Waals surface area contributed by atoms with Gasteiger partial charge in [0.1, 0.15) is 23.4 Å². The molecule has 3 heterocycles. The fourth-order valence-electron chi connectivity index (χ4n) is 3.62. The summed E-state index contributed by atoms with van der Waals surface area (Å²) in [7, 11) is 0. The Morgan fingerprint density at radius 3 is 2.76 bits per heavy atom. The molecule has 9 nitrogen and oxygen atoms in total. The zero-order valence-electron chi connectivity index (χ0n) is 18.5. The molecule has 0 fully saturated rings. The van der Waals surface area contributed by atoms with Crippen molar-refractivity contribution in [2.45, 2.75) is 39.5 Å². The Morgan fingerprint density at radius 2 is 1.97 bits per heavy atom. The van der Waals surface area contributed by atoms with Crippen LogP contribution in [-0.2, 0) is 6.42 Å². The van der Waals surface area contributed by atoms with Crippen LogP contribution >= 0.6 is 0 Å². The Hall–Kier alpha value is -4.14. The summed E-state index contributed by atoms with van der Waals surface area (Å²) in [6.07, 6.45) is 2.19. The number of carbonyl (C=O) groups excluding carboxylic acids is 2. The van der Waals surface area contributed by atoms with Gasteiger partial charge in [0, 0.05) is 35.5 Å². The van der Waals surface area contributed by atoms with E-state index in [4.69, 9.17) is 4.52 Å². The maximum absolute atomic E-state index is 12.9. The third-order valence-corrected chi connectivity index (χ3v) is 5.52. The van der Waals surface area contributed by atoms with E-state index in [0.29, 0.717) is 22.5 Å². The highest BCUT2D eigenvalue weighted by atomic mass is 16.5. The number of benzene rings is 1. The van der Waals surface area contributed by atoms with Crippen molar-refractivity contribution in [1.29, 1.82) is 0 Å². The molecular formula is C24H23N5O4. The lowest BCUT2D eigenvalue weighted by molar-refractivity contribution is 0.0966. The molecule has 33 heavy (non-hydrogen) atoms. The highest BCUT2D eigenvalue weighted by Gasteiger charge is 2.22. The van der Waals surface area contributed by atoms with Gasteiger partial charge in [-0.2, -0.15) is 0 Å². The average Bonchev–Trinajstić information content (AvgIpc) is 3.30. The monoisotopic (exact) mass is 445 g/mol. The second-order valence-corrected chi connectivity index (χ2v) is 7.90. The average molecular weight is 445 g/mol. The van der Waals surface area contributed by atoms with E-state index in [1.54, 1.807) is 6.92 Å². The third-order valence-electron chi connectivity index (χ3n) is 5.52. The maximum atomic E-state index is 12.9. The Bertz CT molecular complexity index is 1410. The van der Waals surface area contributed by atoms with E-state index in [0.717, 1.165) is 12.0 Å². The summed E-state index contributed by atoms with van der Waals surface area (Å²) in [4.78, 5) is 47.7. The van der Waals surface area contributed by atoms with Crippen LogP contribution in [0.2, 0.25) is 0 Å².